The molecule has 16 heavy (non-hydrogen) atoms. The molecule has 2 rings (SSSR count). The van der Waals surface area contributed by atoms with Gasteiger partial charge in [-0.25, -0.2) is 0 Å². The van der Waals surface area contributed by atoms with Gasteiger partial charge >= 0.3 is 0 Å². The minimum atomic E-state index is 0.124. The van der Waals surface area contributed by atoms with Gasteiger partial charge in [-0.2, -0.15) is 0 Å². The average molecular weight is 213 g/mol. The molecule has 82 valence electrons. The van der Waals surface area contributed by atoms with Crippen molar-refractivity contribution >= 4 is 5.91 Å². The minimum Gasteiger partial charge on any atom is -0.274 e. The number of rotatable bonds is 0. The van der Waals surface area contributed by atoms with Crippen LogP contribution in [0.5, 0.6) is 0 Å². The van der Waals surface area contributed by atoms with Gasteiger partial charge in [0.05, 0.1) is 0 Å². The maximum absolute atomic E-state index is 11.8. The van der Waals surface area contributed by atoms with Gasteiger partial charge in [-0.15, -0.1) is 0 Å². The molecule has 0 bridgehead atoms. The fourth-order valence-electron chi connectivity index (χ4n) is 1.82. The molecule has 1 aromatic rings. The molecule has 1 aromatic carbocycles. The predicted octanol–water partition coefficient (Wildman–Crippen LogP) is 2.25. The third kappa shape index (κ3) is 2.43. The van der Waals surface area contributed by atoms with Crippen LogP contribution in [0.25, 0.3) is 0 Å². The number of likely N-dealkylation sites (tertiary alicyclic amines) is 1. The number of hydrogen-bond acceptors (Lipinski definition) is 1. The van der Waals surface area contributed by atoms with E-state index in [9.17, 15) is 4.79 Å². The molecule has 0 radical (unpaired) electrons. The Kier molecular flexibility index (Phi) is 3.26. The second-order valence-corrected chi connectivity index (χ2v) is 4.14. The second-order valence-electron chi connectivity index (χ2n) is 4.14. The number of carbonyl (C=O) groups excluding carboxylic acids is 1. The molecule has 1 fully saturated rings. The van der Waals surface area contributed by atoms with Gasteiger partial charge < -0.3 is 0 Å². The van der Waals surface area contributed by atoms with Crippen molar-refractivity contribution in [1.82, 2.24) is 4.90 Å². The zero-order valence-corrected chi connectivity index (χ0v) is 9.44. The van der Waals surface area contributed by atoms with Gasteiger partial charge in [0, 0.05) is 24.1 Å². The van der Waals surface area contributed by atoms with Crippen molar-refractivity contribution in [3.05, 3.63) is 35.9 Å². The van der Waals surface area contributed by atoms with Gasteiger partial charge in [0.25, 0.3) is 0 Å². The average Bonchev–Trinajstić information content (AvgIpc) is 2.32. The molecule has 1 saturated heterocycles. The number of benzene rings is 1. The third-order valence-electron chi connectivity index (χ3n) is 2.82. The maximum atomic E-state index is 11.8. The lowest BCUT2D eigenvalue weighted by Gasteiger charge is -2.25. The number of piperidine rings is 1. The molecule has 0 spiro atoms. The van der Waals surface area contributed by atoms with Crippen molar-refractivity contribution in [3.8, 4) is 12.0 Å². The Hall–Kier alpha value is -1.75. The Morgan fingerprint density at radius 3 is 2.81 bits per heavy atom. The molecule has 2 nitrogen and oxygen atoms in total. The molecule has 1 aliphatic rings. The highest BCUT2D eigenvalue weighted by Crippen LogP contribution is 2.16. The van der Waals surface area contributed by atoms with Crippen LogP contribution in [-0.2, 0) is 4.79 Å². The molecule has 0 saturated carbocycles. The minimum absolute atomic E-state index is 0.124. The second kappa shape index (κ2) is 4.85. The van der Waals surface area contributed by atoms with Crippen molar-refractivity contribution in [2.24, 2.45) is 5.92 Å². The maximum Gasteiger partial charge on any atom is 0.236 e. The summed E-state index contributed by atoms with van der Waals surface area (Å²) in [6.45, 7) is 2.74. The lowest BCUT2D eigenvalue weighted by Crippen LogP contribution is -2.36. The number of nitrogens with zero attached hydrogens (tertiary/aromatic N) is 1. The molecule has 1 aliphatic heterocycles. The monoisotopic (exact) mass is 213 g/mol. The van der Waals surface area contributed by atoms with Crippen LogP contribution in [0, 0.1) is 17.9 Å². The Balaban J connectivity index is 2.10. The largest absolute Gasteiger partial charge is 0.274 e. The van der Waals surface area contributed by atoms with Crippen molar-refractivity contribution in [3.63, 3.8) is 0 Å². The first-order valence-electron chi connectivity index (χ1n) is 5.65. The Bertz CT molecular complexity index is 427. The van der Waals surface area contributed by atoms with E-state index in [1.807, 2.05) is 37.3 Å². The summed E-state index contributed by atoms with van der Waals surface area (Å²) in [6, 6.07) is 12.7. The number of hydrogen-bond donors (Lipinski definition) is 0. The topological polar surface area (TPSA) is 20.3 Å². The quantitative estimate of drug-likeness (QED) is 0.605. The van der Waals surface area contributed by atoms with Gasteiger partial charge in [-0.3, -0.25) is 9.69 Å². The van der Waals surface area contributed by atoms with E-state index in [0.717, 1.165) is 24.9 Å². The molecule has 1 unspecified atom stereocenters. The van der Waals surface area contributed by atoms with Crippen LogP contribution < -0.4 is 0 Å². The highest BCUT2D eigenvalue weighted by atomic mass is 16.2. The van der Waals surface area contributed by atoms with Gasteiger partial charge in [0.1, 0.15) is 0 Å². The number of amides is 1. The molecule has 0 N–H and O–H groups in total. The van der Waals surface area contributed by atoms with Gasteiger partial charge in [0.2, 0.25) is 5.91 Å². The van der Waals surface area contributed by atoms with E-state index in [1.165, 1.54) is 0 Å². The van der Waals surface area contributed by atoms with E-state index >= 15 is 0 Å². The lowest BCUT2D eigenvalue weighted by molar-refractivity contribution is -0.134. The van der Waals surface area contributed by atoms with Crippen LogP contribution in [0.3, 0.4) is 0 Å². The van der Waals surface area contributed by atoms with Crippen molar-refractivity contribution < 1.29 is 4.79 Å². The Morgan fingerprint density at radius 2 is 2.06 bits per heavy atom. The first kappa shape index (κ1) is 10.8. The van der Waals surface area contributed by atoms with Gasteiger partial charge in [-0.1, -0.05) is 25.1 Å². The SMILES string of the molecule is CC1CCCN(C#Cc2ccccc2)C1=O. The lowest BCUT2D eigenvalue weighted by atomic mass is 10.00. The summed E-state index contributed by atoms with van der Waals surface area (Å²) < 4.78 is 0. The van der Waals surface area contributed by atoms with E-state index in [2.05, 4.69) is 12.0 Å². The summed E-state index contributed by atoms with van der Waals surface area (Å²) in [4.78, 5) is 13.4. The van der Waals surface area contributed by atoms with E-state index in [-0.39, 0.29) is 11.8 Å². The first-order chi connectivity index (χ1) is 7.77. The summed E-state index contributed by atoms with van der Waals surface area (Å²) in [5, 5.41) is 0. The first-order valence-corrected chi connectivity index (χ1v) is 5.65. The Labute approximate surface area is 96.3 Å². The Morgan fingerprint density at radius 1 is 1.31 bits per heavy atom. The van der Waals surface area contributed by atoms with Crippen molar-refractivity contribution in [2.75, 3.05) is 6.54 Å². The standard InChI is InChI=1S/C14H15NO/c1-12-6-5-10-15(14(12)16)11-9-13-7-3-2-4-8-13/h2-4,7-8,12H,5-6,10H2,1H3. The molecule has 1 amide bonds. The highest BCUT2D eigenvalue weighted by Gasteiger charge is 2.23. The summed E-state index contributed by atoms with van der Waals surface area (Å²) in [7, 11) is 0. The normalized spacial score (nSPS) is 20.2. The molecule has 1 atom stereocenters. The summed E-state index contributed by atoms with van der Waals surface area (Å²) in [6.07, 6.45) is 2.04. The van der Waals surface area contributed by atoms with E-state index < -0.39 is 0 Å². The van der Waals surface area contributed by atoms with Crippen LogP contribution >= 0.6 is 0 Å². The molecule has 1 heterocycles. The van der Waals surface area contributed by atoms with Gasteiger partial charge in [-0.05, 0) is 30.9 Å². The van der Waals surface area contributed by atoms with E-state index in [0.29, 0.717) is 0 Å². The predicted molar refractivity (Wildman–Crippen MR) is 63.4 cm³/mol. The summed E-state index contributed by atoms with van der Waals surface area (Å²) in [5.41, 5.74) is 0.952. The van der Waals surface area contributed by atoms with Crippen LogP contribution in [0.4, 0.5) is 0 Å². The summed E-state index contributed by atoms with van der Waals surface area (Å²) >= 11 is 0. The van der Waals surface area contributed by atoms with E-state index in [1.54, 1.807) is 4.90 Å². The van der Waals surface area contributed by atoms with Gasteiger partial charge in [0.15, 0.2) is 0 Å². The molecule has 0 aliphatic carbocycles. The number of carbonyl (C=O) groups is 1. The van der Waals surface area contributed by atoms with Crippen LogP contribution in [-0.4, -0.2) is 17.4 Å². The van der Waals surface area contributed by atoms with Crippen molar-refractivity contribution in [1.29, 1.82) is 0 Å². The zero-order valence-electron chi connectivity index (χ0n) is 9.44. The highest BCUT2D eigenvalue weighted by molar-refractivity contribution is 5.81. The molecule has 2 heteroatoms. The van der Waals surface area contributed by atoms with Crippen LogP contribution in [0.1, 0.15) is 25.3 Å². The van der Waals surface area contributed by atoms with E-state index in [4.69, 9.17) is 0 Å². The van der Waals surface area contributed by atoms with Crippen LogP contribution in [0.15, 0.2) is 30.3 Å². The summed E-state index contributed by atoms with van der Waals surface area (Å²) in [5.74, 6) is 3.31. The zero-order chi connectivity index (χ0) is 11.4. The van der Waals surface area contributed by atoms with Crippen molar-refractivity contribution in [2.45, 2.75) is 19.8 Å². The third-order valence-corrected chi connectivity index (χ3v) is 2.82. The fourth-order valence-corrected chi connectivity index (χ4v) is 1.82. The smallest absolute Gasteiger partial charge is 0.236 e. The molecule has 0 aromatic heterocycles. The van der Waals surface area contributed by atoms with Crippen LogP contribution in [0.2, 0.25) is 0 Å². The molecular weight excluding hydrogens is 198 g/mol. The fraction of sp³-hybridized carbons (Fsp3) is 0.357. The molecular formula is C14H15NO.